The van der Waals surface area contributed by atoms with Gasteiger partial charge in [-0.1, -0.05) is 84.4 Å². The van der Waals surface area contributed by atoms with Gasteiger partial charge in [-0.05, 0) is 66.4 Å². The monoisotopic (exact) mass is 340 g/mol. The van der Waals surface area contributed by atoms with Crippen LogP contribution in [0.15, 0.2) is 47.1 Å². The van der Waals surface area contributed by atoms with Crippen LogP contribution in [0.4, 0.5) is 0 Å². The highest BCUT2D eigenvalue weighted by molar-refractivity contribution is 5.53. The van der Waals surface area contributed by atoms with E-state index in [1.165, 1.54) is 36.8 Å². The molecule has 0 N–H and O–H groups in total. The first-order chi connectivity index (χ1) is 11.6. The molecule has 0 saturated heterocycles. The summed E-state index contributed by atoms with van der Waals surface area (Å²) in [6.07, 6.45) is 13.4. The van der Waals surface area contributed by atoms with E-state index < -0.39 is 0 Å². The summed E-state index contributed by atoms with van der Waals surface area (Å²) in [4.78, 5) is 0. The van der Waals surface area contributed by atoms with E-state index in [-0.39, 0.29) is 0 Å². The fourth-order valence-corrected chi connectivity index (χ4v) is 4.37. The van der Waals surface area contributed by atoms with Gasteiger partial charge in [0.15, 0.2) is 0 Å². The molecule has 2 atom stereocenters. The van der Waals surface area contributed by atoms with E-state index in [4.69, 9.17) is 0 Å². The van der Waals surface area contributed by atoms with Gasteiger partial charge in [0.2, 0.25) is 0 Å². The Balaban J connectivity index is 1.87. The SMILES string of the molecule is C=C(CC(C)C)C1CC2=C1CC(C=CCC(CC(C)C)C(C)(C)C)=C2. The first-order valence-corrected chi connectivity index (χ1v) is 10.3. The van der Waals surface area contributed by atoms with E-state index in [1.54, 1.807) is 11.1 Å². The molecule has 25 heavy (non-hydrogen) atoms. The normalized spacial score (nSPS) is 21.8. The van der Waals surface area contributed by atoms with Crippen molar-refractivity contribution in [2.45, 2.75) is 80.6 Å². The van der Waals surface area contributed by atoms with E-state index in [9.17, 15) is 0 Å². The molecule has 0 nitrogen and oxygen atoms in total. The molecule has 2 aliphatic rings. The molecule has 0 radical (unpaired) electrons. The predicted molar refractivity (Wildman–Crippen MR) is 113 cm³/mol. The van der Waals surface area contributed by atoms with Crippen LogP contribution in [0.5, 0.6) is 0 Å². The Morgan fingerprint density at radius 3 is 2.44 bits per heavy atom. The van der Waals surface area contributed by atoms with Gasteiger partial charge in [-0.15, -0.1) is 0 Å². The lowest BCUT2D eigenvalue weighted by Crippen LogP contribution is -2.21. The van der Waals surface area contributed by atoms with E-state index in [2.05, 4.69) is 73.3 Å². The third kappa shape index (κ3) is 5.47. The molecule has 0 fully saturated rings. The molecule has 0 aliphatic heterocycles. The quantitative estimate of drug-likeness (QED) is 0.394. The van der Waals surface area contributed by atoms with Crippen LogP contribution in [0.3, 0.4) is 0 Å². The summed E-state index contributed by atoms with van der Waals surface area (Å²) in [7, 11) is 0. The summed E-state index contributed by atoms with van der Waals surface area (Å²) < 4.78 is 0. The van der Waals surface area contributed by atoms with Crippen molar-refractivity contribution in [2.75, 3.05) is 0 Å². The van der Waals surface area contributed by atoms with E-state index in [0.717, 1.165) is 24.2 Å². The summed E-state index contributed by atoms with van der Waals surface area (Å²) in [6.45, 7) is 20.8. The minimum absolute atomic E-state index is 0.390. The van der Waals surface area contributed by atoms with Gasteiger partial charge in [0.05, 0.1) is 0 Å². The second-order valence-electron chi connectivity index (χ2n) is 10.3. The lowest BCUT2D eigenvalue weighted by atomic mass is 9.73. The number of hydrogen-bond donors (Lipinski definition) is 0. The van der Waals surface area contributed by atoms with Crippen molar-refractivity contribution in [1.82, 2.24) is 0 Å². The highest BCUT2D eigenvalue weighted by Gasteiger charge is 2.33. The zero-order valence-corrected chi connectivity index (χ0v) is 17.8. The third-order valence-corrected chi connectivity index (χ3v) is 5.91. The molecule has 0 aromatic rings. The van der Waals surface area contributed by atoms with Gasteiger partial charge in [-0.2, -0.15) is 0 Å². The van der Waals surface area contributed by atoms with Crippen molar-refractivity contribution >= 4 is 0 Å². The molecule has 2 aliphatic carbocycles. The van der Waals surface area contributed by atoms with Gasteiger partial charge >= 0.3 is 0 Å². The molecule has 2 rings (SSSR count). The van der Waals surface area contributed by atoms with Gasteiger partial charge in [0.1, 0.15) is 0 Å². The average molecular weight is 341 g/mol. The Kier molecular flexibility index (Phi) is 6.57. The number of hydrogen-bond acceptors (Lipinski definition) is 0. The van der Waals surface area contributed by atoms with Crippen LogP contribution in [-0.2, 0) is 0 Å². The molecule has 0 saturated carbocycles. The Morgan fingerprint density at radius 1 is 1.20 bits per heavy atom. The molecule has 0 aromatic carbocycles. The second-order valence-corrected chi connectivity index (χ2v) is 10.3. The first kappa shape index (κ1) is 20.3. The number of allylic oxidation sites excluding steroid dienone is 7. The molecule has 0 spiro atoms. The van der Waals surface area contributed by atoms with Crippen molar-refractivity contribution in [3.63, 3.8) is 0 Å². The molecule has 0 amide bonds. The van der Waals surface area contributed by atoms with Crippen LogP contribution in [-0.4, -0.2) is 0 Å². The van der Waals surface area contributed by atoms with Crippen LogP contribution in [0.1, 0.15) is 80.6 Å². The van der Waals surface area contributed by atoms with Crippen molar-refractivity contribution < 1.29 is 0 Å². The van der Waals surface area contributed by atoms with E-state index in [0.29, 0.717) is 11.3 Å². The molecular formula is C25H40. The predicted octanol–water partition coefficient (Wildman–Crippen LogP) is 7.89. The second kappa shape index (κ2) is 8.11. The molecule has 140 valence electrons. The van der Waals surface area contributed by atoms with Crippen LogP contribution < -0.4 is 0 Å². The van der Waals surface area contributed by atoms with Gasteiger partial charge in [0.25, 0.3) is 0 Å². The van der Waals surface area contributed by atoms with Crippen LogP contribution in [0.2, 0.25) is 0 Å². The summed E-state index contributed by atoms with van der Waals surface area (Å²) >= 11 is 0. The highest BCUT2D eigenvalue weighted by atomic mass is 14.4. The molecule has 2 unspecified atom stereocenters. The van der Waals surface area contributed by atoms with Gasteiger partial charge in [0, 0.05) is 5.92 Å². The maximum absolute atomic E-state index is 4.37. The standard InChI is InChI=1S/C25H40/c1-17(2)12-19(5)23-16-21-14-20(15-24(21)23)10-9-11-22(13-18(3)4)25(6,7)8/h9-10,14,17-18,22-23H,5,11-13,15-16H2,1-4,6-8H3. The maximum atomic E-state index is 4.37. The van der Waals surface area contributed by atoms with Gasteiger partial charge in [-0.25, -0.2) is 0 Å². The summed E-state index contributed by atoms with van der Waals surface area (Å²) in [5, 5.41) is 0. The number of rotatable bonds is 8. The summed E-state index contributed by atoms with van der Waals surface area (Å²) in [5.74, 6) is 2.93. The average Bonchev–Trinajstić information content (AvgIpc) is 2.73. The zero-order chi connectivity index (χ0) is 18.8. The summed E-state index contributed by atoms with van der Waals surface area (Å²) in [5.41, 5.74) is 6.63. The van der Waals surface area contributed by atoms with Crippen molar-refractivity contribution in [3.05, 3.63) is 47.1 Å². The summed E-state index contributed by atoms with van der Waals surface area (Å²) in [6, 6.07) is 0. The largest absolute Gasteiger partial charge is 0.0992 e. The van der Waals surface area contributed by atoms with Crippen molar-refractivity contribution in [3.8, 4) is 0 Å². The van der Waals surface area contributed by atoms with Crippen molar-refractivity contribution in [2.24, 2.45) is 29.1 Å². The fraction of sp³-hybridized carbons (Fsp3) is 0.680. The van der Waals surface area contributed by atoms with Gasteiger partial charge in [-0.3, -0.25) is 0 Å². The molecule has 0 heterocycles. The van der Waals surface area contributed by atoms with Crippen LogP contribution >= 0.6 is 0 Å². The topological polar surface area (TPSA) is 0 Å². The van der Waals surface area contributed by atoms with E-state index >= 15 is 0 Å². The molecule has 0 bridgehead atoms. The third-order valence-electron chi connectivity index (χ3n) is 5.91. The Morgan fingerprint density at radius 2 is 1.88 bits per heavy atom. The Labute approximate surface area is 157 Å². The maximum Gasteiger partial charge on any atom is 0.00539 e. The molecule has 0 aromatic heterocycles. The minimum atomic E-state index is 0.390. The smallest absolute Gasteiger partial charge is 0.00539 e. The van der Waals surface area contributed by atoms with Gasteiger partial charge < -0.3 is 0 Å². The first-order valence-electron chi connectivity index (χ1n) is 10.3. The molecular weight excluding hydrogens is 300 g/mol. The Hall–Kier alpha value is -1.04. The molecule has 0 heteroatoms. The lowest BCUT2D eigenvalue weighted by molar-refractivity contribution is 0.206. The van der Waals surface area contributed by atoms with Crippen LogP contribution in [0.25, 0.3) is 0 Å². The van der Waals surface area contributed by atoms with Crippen molar-refractivity contribution in [1.29, 1.82) is 0 Å². The fourth-order valence-electron chi connectivity index (χ4n) is 4.37. The highest BCUT2D eigenvalue weighted by Crippen LogP contribution is 2.49. The lowest BCUT2D eigenvalue weighted by Gasteiger charge is -2.32. The zero-order valence-electron chi connectivity index (χ0n) is 17.8. The Bertz CT molecular complexity index is 572. The van der Waals surface area contributed by atoms with Crippen LogP contribution in [0, 0.1) is 29.1 Å². The van der Waals surface area contributed by atoms with E-state index in [1.807, 2.05) is 0 Å². The minimum Gasteiger partial charge on any atom is -0.0992 e.